The summed E-state index contributed by atoms with van der Waals surface area (Å²) in [5, 5.41) is 0. The summed E-state index contributed by atoms with van der Waals surface area (Å²) in [4.78, 5) is 25.5. The number of carbonyl (C=O) groups excluding carboxylic acids is 2. The molecule has 5 heteroatoms. The quantitative estimate of drug-likeness (QED) is 0.722. The lowest BCUT2D eigenvalue weighted by Crippen LogP contribution is -2.45. The fourth-order valence-electron chi connectivity index (χ4n) is 2.50. The SMILES string of the molecule is CCCOc1cc(C=O)cc2c1OC(C)C(=O)N2CCC(C)C. The average Bonchev–Trinajstić information content (AvgIpc) is 2.53. The Kier molecular flexibility index (Phi) is 5.64. The first-order valence-corrected chi connectivity index (χ1v) is 8.22. The Morgan fingerprint density at radius 2 is 2.13 bits per heavy atom. The summed E-state index contributed by atoms with van der Waals surface area (Å²) in [6.07, 6.45) is 1.95. The Bertz CT molecular complexity index is 583. The third-order valence-corrected chi connectivity index (χ3v) is 3.78. The van der Waals surface area contributed by atoms with Crippen molar-refractivity contribution in [2.24, 2.45) is 5.92 Å². The van der Waals surface area contributed by atoms with Crippen LogP contribution < -0.4 is 14.4 Å². The number of anilines is 1. The maximum Gasteiger partial charge on any atom is 0.267 e. The molecule has 1 amide bonds. The van der Waals surface area contributed by atoms with Gasteiger partial charge >= 0.3 is 0 Å². The summed E-state index contributed by atoms with van der Waals surface area (Å²) in [6.45, 7) is 9.13. The number of benzene rings is 1. The van der Waals surface area contributed by atoms with Crippen molar-refractivity contribution in [3.05, 3.63) is 17.7 Å². The van der Waals surface area contributed by atoms with Gasteiger partial charge in [0.05, 0.1) is 12.3 Å². The van der Waals surface area contributed by atoms with Gasteiger partial charge in [0.25, 0.3) is 5.91 Å². The summed E-state index contributed by atoms with van der Waals surface area (Å²) in [7, 11) is 0. The molecule has 0 aromatic heterocycles. The molecule has 0 saturated heterocycles. The van der Waals surface area contributed by atoms with Crippen LogP contribution in [0.2, 0.25) is 0 Å². The molecule has 1 aromatic rings. The van der Waals surface area contributed by atoms with Gasteiger partial charge in [0.2, 0.25) is 0 Å². The van der Waals surface area contributed by atoms with Crippen molar-refractivity contribution in [1.29, 1.82) is 0 Å². The largest absolute Gasteiger partial charge is 0.490 e. The second-order valence-corrected chi connectivity index (χ2v) is 6.27. The number of hydrogen-bond donors (Lipinski definition) is 0. The molecule has 0 aliphatic carbocycles. The molecular formula is C18H25NO4. The molecule has 1 aliphatic heterocycles. The first kappa shape index (κ1) is 17.3. The number of nitrogens with zero attached hydrogens (tertiary/aromatic N) is 1. The molecule has 0 bridgehead atoms. The Balaban J connectivity index is 2.45. The number of amides is 1. The minimum absolute atomic E-state index is 0.0809. The van der Waals surface area contributed by atoms with E-state index in [1.165, 1.54) is 0 Å². The highest BCUT2D eigenvalue weighted by atomic mass is 16.5. The number of ether oxygens (including phenoxy) is 2. The Labute approximate surface area is 137 Å². The third-order valence-electron chi connectivity index (χ3n) is 3.78. The first-order chi connectivity index (χ1) is 11.0. The molecule has 0 radical (unpaired) electrons. The molecule has 126 valence electrons. The molecular weight excluding hydrogens is 294 g/mol. The van der Waals surface area contributed by atoms with Crippen LogP contribution in [0.25, 0.3) is 0 Å². The van der Waals surface area contributed by atoms with Gasteiger partial charge in [0.15, 0.2) is 17.6 Å². The van der Waals surface area contributed by atoms with Crippen LogP contribution in [0.15, 0.2) is 12.1 Å². The van der Waals surface area contributed by atoms with Gasteiger partial charge in [-0.15, -0.1) is 0 Å². The topological polar surface area (TPSA) is 55.8 Å². The monoisotopic (exact) mass is 319 g/mol. The standard InChI is InChI=1S/C18H25NO4/c1-5-8-22-16-10-14(11-20)9-15-17(16)23-13(4)18(21)19(15)7-6-12(2)3/h9-13H,5-8H2,1-4H3. The van der Waals surface area contributed by atoms with Gasteiger partial charge in [-0.3, -0.25) is 9.59 Å². The molecule has 5 nitrogen and oxygen atoms in total. The van der Waals surface area contributed by atoms with E-state index in [0.29, 0.717) is 41.8 Å². The lowest BCUT2D eigenvalue weighted by molar-refractivity contribution is -0.125. The van der Waals surface area contributed by atoms with Gasteiger partial charge in [0.1, 0.15) is 6.29 Å². The maximum absolute atomic E-state index is 12.5. The molecule has 0 saturated carbocycles. The molecule has 23 heavy (non-hydrogen) atoms. The van der Waals surface area contributed by atoms with E-state index < -0.39 is 6.10 Å². The molecule has 0 N–H and O–H groups in total. The number of aldehydes is 1. The maximum atomic E-state index is 12.5. The van der Waals surface area contributed by atoms with Gasteiger partial charge in [-0.25, -0.2) is 0 Å². The van der Waals surface area contributed by atoms with Gasteiger partial charge < -0.3 is 14.4 Å². The van der Waals surface area contributed by atoms with E-state index in [4.69, 9.17) is 9.47 Å². The van der Waals surface area contributed by atoms with Crippen molar-refractivity contribution >= 4 is 17.9 Å². The highest BCUT2D eigenvalue weighted by Gasteiger charge is 2.34. The predicted octanol–water partition coefficient (Wildman–Crippen LogP) is 3.45. The summed E-state index contributed by atoms with van der Waals surface area (Å²) in [6, 6.07) is 3.37. The van der Waals surface area contributed by atoms with Gasteiger partial charge in [0, 0.05) is 12.1 Å². The van der Waals surface area contributed by atoms with Crippen molar-refractivity contribution in [2.45, 2.75) is 46.6 Å². The smallest absolute Gasteiger partial charge is 0.267 e. The van der Waals surface area contributed by atoms with Crippen molar-refractivity contribution in [1.82, 2.24) is 0 Å². The summed E-state index contributed by atoms with van der Waals surface area (Å²) in [5.74, 6) is 1.48. The number of fused-ring (bicyclic) bond motifs is 1. The molecule has 1 aliphatic rings. The van der Waals surface area contributed by atoms with Gasteiger partial charge in [-0.2, -0.15) is 0 Å². The van der Waals surface area contributed by atoms with E-state index in [1.54, 1.807) is 24.0 Å². The van der Waals surface area contributed by atoms with Crippen LogP contribution in [-0.4, -0.2) is 31.4 Å². The van der Waals surface area contributed by atoms with Crippen LogP contribution in [0.5, 0.6) is 11.5 Å². The summed E-state index contributed by atoms with van der Waals surface area (Å²) < 4.78 is 11.5. The van der Waals surface area contributed by atoms with Gasteiger partial charge in [-0.05, 0) is 37.8 Å². The van der Waals surface area contributed by atoms with Gasteiger partial charge in [-0.1, -0.05) is 20.8 Å². The number of rotatable bonds is 7. The lowest BCUT2D eigenvalue weighted by Gasteiger charge is -2.34. The number of hydrogen-bond acceptors (Lipinski definition) is 4. The Morgan fingerprint density at radius 1 is 1.39 bits per heavy atom. The normalized spacial score (nSPS) is 17.0. The minimum Gasteiger partial charge on any atom is -0.490 e. The second kappa shape index (κ2) is 7.49. The van der Waals surface area contributed by atoms with E-state index in [9.17, 15) is 9.59 Å². The van der Waals surface area contributed by atoms with E-state index in [1.807, 2.05) is 6.92 Å². The van der Waals surface area contributed by atoms with Crippen LogP contribution >= 0.6 is 0 Å². The minimum atomic E-state index is -0.555. The van der Waals surface area contributed by atoms with Crippen LogP contribution in [0.3, 0.4) is 0 Å². The number of carbonyl (C=O) groups is 2. The van der Waals surface area contributed by atoms with Crippen LogP contribution in [0, 0.1) is 5.92 Å². The fourth-order valence-corrected chi connectivity index (χ4v) is 2.50. The molecule has 1 unspecified atom stereocenters. The van der Waals surface area contributed by atoms with E-state index in [-0.39, 0.29) is 5.91 Å². The highest BCUT2D eigenvalue weighted by Crippen LogP contribution is 2.43. The molecule has 0 fully saturated rings. The predicted molar refractivity (Wildman–Crippen MR) is 89.5 cm³/mol. The fraction of sp³-hybridized carbons (Fsp3) is 0.556. The van der Waals surface area contributed by atoms with E-state index in [2.05, 4.69) is 13.8 Å². The van der Waals surface area contributed by atoms with Crippen molar-refractivity contribution < 1.29 is 19.1 Å². The Hall–Kier alpha value is -2.04. The average molecular weight is 319 g/mol. The molecule has 2 rings (SSSR count). The molecule has 1 atom stereocenters. The molecule has 1 aromatic carbocycles. The zero-order valence-corrected chi connectivity index (χ0v) is 14.3. The van der Waals surface area contributed by atoms with E-state index in [0.717, 1.165) is 19.1 Å². The Morgan fingerprint density at radius 3 is 2.74 bits per heavy atom. The van der Waals surface area contributed by atoms with Crippen molar-refractivity contribution in [3.63, 3.8) is 0 Å². The van der Waals surface area contributed by atoms with Crippen molar-refractivity contribution in [3.8, 4) is 11.5 Å². The summed E-state index contributed by atoms with van der Waals surface area (Å²) in [5.41, 5.74) is 1.11. The third kappa shape index (κ3) is 3.84. The van der Waals surface area contributed by atoms with E-state index >= 15 is 0 Å². The first-order valence-electron chi connectivity index (χ1n) is 8.22. The zero-order chi connectivity index (χ0) is 17.0. The molecule has 0 spiro atoms. The highest BCUT2D eigenvalue weighted by molar-refractivity contribution is 6.01. The summed E-state index contributed by atoms with van der Waals surface area (Å²) >= 11 is 0. The second-order valence-electron chi connectivity index (χ2n) is 6.27. The molecule has 1 heterocycles. The lowest BCUT2D eigenvalue weighted by atomic mass is 10.1. The van der Waals surface area contributed by atoms with Crippen LogP contribution in [0.1, 0.15) is 50.9 Å². The van der Waals surface area contributed by atoms with Crippen molar-refractivity contribution in [2.75, 3.05) is 18.1 Å². The van der Waals surface area contributed by atoms with Crippen LogP contribution in [0.4, 0.5) is 5.69 Å². The van der Waals surface area contributed by atoms with Crippen LogP contribution in [-0.2, 0) is 4.79 Å². The zero-order valence-electron chi connectivity index (χ0n) is 14.3.